The van der Waals surface area contributed by atoms with E-state index in [2.05, 4.69) is 37.9 Å². The highest BCUT2D eigenvalue weighted by molar-refractivity contribution is 4.88. The number of hydrogen-bond acceptors (Lipinski definition) is 4. The van der Waals surface area contributed by atoms with E-state index in [1.807, 2.05) is 0 Å². The number of nitrogens with zero attached hydrogens (tertiary/aromatic N) is 1. The quantitative estimate of drug-likeness (QED) is 0.589. The van der Waals surface area contributed by atoms with Gasteiger partial charge in [-0.15, -0.1) is 0 Å². The lowest BCUT2D eigenvalue weighted by atomic mass is 9.86. The van der Waals surface area contributed by atoms with Crippen LogP contribution in [0.4, 0.5) is 0 Å². The molecule has 0 bridgehead atoms. The molecule has 1 aliphatic heterocycles. The second-order valence-electron chi connectivity index (χ2n) is 6.39. The first-order chi connectivity index (χ1) is 9.62. The monoisotopic (exact) mass is 286 g/mol. The SMILES string of the molecule is CCOCCN(CC)CC1(CNCC(C)C)CCOC1. The predicted molar refractivity (Wildman–Crippen MR) is 84.2 cm³/mol. The molecule has 1 aliphatic rings. The summed E-state index contributed by atoms with van der Waals surface area (Å²) in [6.07, 6.45) is 1.17. The standard InChI is InChI=1S/C16H34N2O2/c1-5-18(8-10-19-6-2)13-16(7-9-20-14-16)12-17-11-15(3)4/h15,17H,5-14H2,1-4H3. The molecule has 0 aromatic carbocycles. The van der Waals surface area contributed by atoms with E-state index in [1.165, 1.54) is 6.42 Å². The van der Waals surface area contributed by atoms with E-state index >= 15 is 0 Å². The van der Waals surface area contributed by atoms with Gasteiger partial charge >= 0.3 is 0 Å². The van der Waals surface area contributed by atoms with E-state index < -0.39 is 0 Å². The Balaban J connectivity index is 2.42. The maximum absolute atomic E-state index is 5.69. The highest BCUT2D eigenvalue weighted by Crippen LogP contribution is 2.29. The van der Waals surface area contributed by atoms with Crippen molar-refractivity contribution in [3.8, 4) is 0 Å². The number of hydrogen-bond donors (Lipinski definition) is 1. The van der Waals surface area contributed by atoms with Gasteiger partial charge in [0.2, 0.25) is 0 Å². The summed E-state index contributed by atoms with van der Waals surface area (Å²) < 4.78 is 11.2. The van der Waals surface area contributed by atoms with Gasteiger partial charge < -0.3 is 19.7 Å². The maximum Gasteiger partial charge on any atom is 0.0593 e. The van der Waals surface area contributed by atoms with Gasteiger partial charge in [-0.3, -0.25) is 0 Å². The van der Waals surface area contributed by atoms with Crippen LogP contribution in [0.2, 0.25) is 0 Å². The Morgan fingerprint density at radius 3 is 2.70 bits per heavy atom. The topological polar surface area (TPSA) is 33.7 Å². The molecule has 120 valence electrons. The van der Waals surface area contributed by atoms with Crippen molar-refractivity contribution in [3.63, 3.8) is 0 Å². The van der Waals surface area contributed by atoms with Crippen molar-refractivity contribution in [2.45, 2.75) is 34.1 Å². The Morgan fingerprint density at radius 1 is 1.35 bits per heavy atom. The molecule has 0 aromatic rings. The van der Waals surface area contributed by atoms with Gasteiger partial charge in [0.1, 0.15) is 0 Å². The van der Waals surface area contributed by atoms with Crippen molar-refractivity contribution < 1.29 is 9.47 Å². The minimum Gasteiger partial charge on any atom is -0.381 e. The smallest absolute Gasteiger partial charge is 0.0593 e. The van der Waals surface area contributed by atoms with Gasteiger partial charge in [-0.1, -0.05) is 20.8 Å². The van der Waals surface area contributed by atoms with E-state index in [0.717, 1.165) is 59.2 Å². The van der Waals surface area contributed by atoms with Crippen molar-refractivity contribution >= 4 is 0 Å². The number of rotatable bonds is 11. The third kappa shape index (κ3) is 6.53. The Kier molecular flexibility index (Phi) is 8.69. The van der Waals surface area contributed by atoms with Gasteiger partial charge in [-0.2, -0.15) is 0 Å². The van der Waals surface area contributed by atoms with Crippen molar-refractivity contribution in [3.05, 3.63) is 0 Å². The Hall–Kier alpha value is -0.160. The molecule has 0 saturated carbocycles. The van der Waals surface area contributed by atoms with Gasteiger partial charge in [0.05, 0.1) is 13.2 Å². The fourth-order valence-electron chi connectivity index (χ4n) is 2.76. The molecule has 1 atom stereocenters. The summed E-state index contributed by atoms with van der Waals surface area (Å²) in [5, 5.41) is 3.63. The first kappa shape index (κ1) is 17.9. The molecular formula is C16H34N2O2. The highest BCUT2D eigenvalue weighted by atomic mass is 16.5. The summed E-state index contributed by atoms with van der Waals surface area (Å²) in [7, 11) is 0. The lowest BCUT2D eigenvalue weighted by Crippen LogP contribution is -2.46. The number of nitrogens with one attached hydrogen (secondary N) is 1. The third-order valence-electron chi connectivity index (χ3n) is 4.00. The molecule has 0 aliphatic carbocycles. The largest absolute Gasteiger partial charge is 0.381 e. The van der Waals surface area contributed by atoms with Crippen LogP contribution in [0.5, 0.6) is 0 Å². The van der Waals surface area contributed by atoms with E-state index in [9.17, 15) is 0 Å². The second kappa shape index (κ2) is 9.72. The van der Waals surface area contributed by atoms with Gasteiger partial charge in [-0.25, -0.2) is 0 Å². The van der Waals surface area contributed by atoms with E-state index in [-0.39, 0.29) is 5.41 Å². The Labute approximate surface area is 125 Å². The molecule has 1 heterocycles. The predicted octanol–water partition coefficient (Wildman–Crippen LogP) is 2.00. The average Bonchev–Trinajstić information content (AvgIpc) is 2.86. The molecule has 0 aromatic heterocycles. The van der Waals surface area contributed by atoms with Crippen LogP contribution in [-0.2, 0) is 9.47 Å². The fraction of sp³-hybridized carbons (Fsp3) is 1.00. The Bertz CT molecular complexity index is 241. The first-order valence-electron chi connectivity index (χ1n) is 8.20. The van der Waals surface area contributed by atoms with Crippen LogP contribution in [0, 0.1) is 11.3 Å². The average molecular weight is 286 g/mol. The van der Waals surface area contributed by atoms with Gasteiger partial charge in [0, 0.05) is 38.3 Å². The summed E-state index contributed by atoms with van der Waals surface area (Å²) in [6, 6.07) is 0. The van der Waals surface area contributed by atoms with Gasteiger partial charge in [-0.05, 0) is 32.4 Å². The zero-order valence-corrected chi connectivity index (χ0v) is 13.9. The molecule has 1 N–H and O–H groups in total. The molecule has 0 amide bonds. The molecule has 1 unspecified atom stereocenters. The maximum atomic E-state index is 5.69. The van der Waals surface area contributed by atoms with Crippen LogP contribution in [-0.4, -0.2) is 64.1 Å². The first-order valence-corrected chi connectivity index (χ1v) is 8.20. The molecule has 0 radical (unpaired) electrons. The molecule has 0 spiro atoms. The lowest BCUT2D eigenvalue weighted by molar-refractivity contribution is 0.0776. The molecule has 4 heteroatoms. The van der Waals surface area contributed by atoms with Crippen LogP contribution in [0.25, 0.3) is 0 Å². The van der Waals surface area contributed by atoms with Crippen LogP contribution < -0.4 is 5.32 Å². The lowest BCUT2D eigenvalue weighted by Gasteiger charge is -2.34. The van der Waals surface area contributed by atoms with Gasteiger partial charge in [0.15, 0.2) is 0 Å². The van der Waals surface area contributed by atoms with Crippen LogP contribution >= 0.6 is 0 Å². The van der Waals surface area contributed by atoms with Crippen LogP contribution in [0.15, 0.2) is 0 Å². The number of ether oxygens (including phenoxy) is 2. The summed E-state index contributed by atoms with van der Waals surface area (Å²) in [5.41, 5.74) is 0.289. The number of likely N-dealkylation sites (N-methyl/N-ethyl adjacent to an activating group) is 1. The highest BCUT2D eigenvalue weighted by Gasteiger charge is 2.36. The molecule has 1 rings (SSSR count). The minimum absolute atomic E-state index is 0.289. The second-order valence-corrected chi connectivity index (χ2v) is 6.39. The summed E-state index contributed by atoms with van der Waals surface area (Å²) >= 11 is 0. The molecular weight excluding hydrogens is 252 g/mol. The van der Waals surface area contributed by atoms with Crippen molar-refractivity contribution in [1.82, 2.24) is 10.2 Å². The van der Waals surface area contributed by atoms with Gasteiger partial charge in [0.25, 0.3) is 0 Å². The normalized spacial score (nSPS) is 23.1. The van der Waals surface area contributed by atoms with E-state index in [0.29, 0.717) is 5.92 Å². The zero-order valence-electron chi connectivity index (χ0n) is 13.9. The fourth-order valence-corrected chi connectivity index (χ4v) is 2.76. The van der Waals surface area contributed by atoms with E-state index in [1.54, 1.807) is 0 Å². The minimum atomic E-state index is 0.289. The van der Waals surface area contributed by atoms with Crippen LogP contribution in [0.3, 0.4) is 0 Å². The summed E-state index contributed by atoms with van der Waals surface area (Å²) in [5.74, 6) is 0.703. The summed E-state index contributed by atoms with van der Waals surface area (Å²) in [6.45, 7) is 17.6. The summed E-state index contributed by atoms with van der Waals surface area (Å²) in [4.78, 5) is 2.50. The molecule has 1 saturated heterocycles. The van der Waals surface area contributed by atoms with Crippen LogP contribution in [0.1, 0.15) is 34.1 Å². The van der Waals surface area contributed by atoms with E-state index in [4.69, 9.17) is 9.47 Å². The third-order valence-corrected chi connectivity index (χ3v) is 4.00. The molecule has 20 heavy (non-hydrogen) atoms. The van der Waals surface area contributed by atoms with Crippen molar-refractivity contribution in [2.75, 3.05) is 59.2 Å². The Morgan fingerprint density at radius 2 is 2.15 bits per heavy atom. The molecule has 4 nitrogen and oxygen atoms in total. The zero-order chi connectivity index (χ0) is 14.8. The van der Waals surface area contributed by atoms with Crippen molar-refractivity contribution in [2.24, 2.45) is 11.3 Å². The van der Waals surface area contributed by atoms with Crippen molar-refractivity contribution in [1.29, 1.82) is 0 Å². The molecule has 1 fully saturated rings.